The Morgan fingerprint density at radius 1 is 1.11 bits per heavy atom. The van der Waals surface area contributed by atoms with Crippen molar-refractivity contribution < 1.29 is 9.59 Å². The molecule has 1 aromatic carbocycles. The highest BCUT2D eigenvalue weighted by molar-refractivity contribution is 7.17. The molecule has 1 aromatic heterocycles. The second-order valence-electron chi connectivity index (χ2n) is 3.57. The molecule has 2 N–H and O–H groups in total. The zero-order chi connectivity index (χ0) is 13.8. The lowest BCUT2D eigenvalue weighted by Gasteiger charge is -2.05. The summed E-state index contributed by atoms with van der Waals surface area (Å²) in [5.74, 6) is -0.531. The van der Waals surface area contributed by atoms with Gasteiger partial charge in [-0.2, -0.15) is 0 Å². The third kappa shape index (κ3) is 3.73. The molecule has 0 spiro atoms. The molecule has 0 bridgehead atoms. The van der Waals surface area contributed by atoms with E-state index in [0.717, 1.165) is 11.3 Å². The predicted molar refractivity (Wildman–Crippen MR) is 73.6 cm³/mol. The number of rotatable bonds is 3. The van der Waals surface area contributed by atoms with Crippen molar-refractivity contribution in [3.63, 3.8) is 0 Å². The van der Waals surface area contributed by atoms with Crippen LogP contribution in [0, 0.1) is 0 Å². The van der Waals surface area contributed by atoms with E-state index in [2.05, 4.69) is 20.8 Å². The van der Waals surface area contributed by atoms with Crippen molar-refractivity contribution in [1.29, 1.82) is 0 Å². The summed E-state index contributed by atoms with van der Waals surface area (Å²) in [5, 5.41) is 12.7. The van der Waals surface area contributed by atoms with Crippen molar-refractivity contribution in [3.05, 3.63) is 33.7 Å². The van der Waals surface area contributed by atoms with Crippen LogP contribution in [-0.2, 0) is 4.79 Å². The number of halogens is 1. The van der Waals surface area contributed by atoms with Crippen molar-refractivity contribution in [1.82, 2.24) is 10.2 Å². The maximum Gasteiger partial charge on any atom is 0.286 e. The molecule has 0 fully saturated rings. The second-order valence-corrected chi connectivity index (χ2v) is 5.13. The van der Waals surface area contributed by atoms with E-state index in [1.807, 2.05) is 0 Å². The van der Waals surface area contributed by atoms with Gasteiger partial charge in [0, 0.05) is 18.3 Å². The average molecular weight is 297 g/mol. The number of nitrogens with one attached hydrogen (secondary N) is 2. The zero-order valence-electron chi connectivity index (χ0n) is 9.81. The van der Waals surface area contributed by atoms with Crippen molar-refractivity contribution in [2.45, 2.75) is 6.92 Å². The molecule has 8 heteroatoms. The third-order valence-electron chi connectivity index (χ3n) is 2.06. The average Bonchev–Trinajstić information content (AvgIpc) is 2.78. The number of benzene rings is 1. The number of anilines is 2. The molecule has 0 unspecified atom stereocenters. The lowest BCUT2D eigenvalue weighted by Crippen LogP contribution is -2.11. The van der Waals surface area contributed by atoms with E-state index >= 15 is 0 Å². The molecule has 98 valence electrons. The molecule has 6 nitrogen and oxygen atoms in total. The minimum Gasteiger partial charge on any atom is -0.326 e. The van der Waals surface area contributed by atoms with Gasteiger partial charge in [0.2, 0.25) is 15.4 Å². The standard InChI is InChI=1S/C11H9ClN4O2S/c1-6(17)13-7-2-4-8(5-3-7)14-9(18)10-15-16-11(12)19-10/h2-5H,1H3,(H,13,17)(H,14,18). The molecule has 19 heavy (non-hydrogen) atoms. The van der Waals surface area contributed by atoms with E-state index in [1.165, 1.54) is 6.92 Å². The summed E-state index contributed by atoms with van der Waals surface area (Å²) in [6.07, 6.45) is 0. The van der Waals surface area contributed by atoms with Crippen molar-refractivity contribution in [2.24, 2.45) is 0 Å². The van der Waals surface area contributed by atoms with E-state index in [1.54, 1.807) is 24.3 Å². The maximum atomic E-state index is 11.8. The van der Waals surface area contributed by atoms with Crippen LogP contribution in [0.2, 0.25) is 4.47 Å². The fraction of sp³-hybridized carbons (Fsp3) is 0.0909. The number of hydrogen-bond donors (Lipinski definition) is 2. The van der Waals surface area contributed by atoms with Crippen LogP contribution in [-0.4, -0.2) is 22.0 Å². The lowest BCUT2D eigenvalue weighted by atomic mass is 10.2. The van der Waals surface area contributed by atoms with Gasteiger partial charge in [-0.05, 0) is 35.9 Å². The first-order valence-corrected chi connectivity index (χ1v) is 6.42. The SMILES string of the molecule is CC(=O)Nc1ccc(NC(=O)c2nnc(Cl)s2)cc1. The van der Waals surface area contributed by atoms with Crippen LogP contribution in [0.15, 0.2) is 24.3 Å². The molecular formula is C11H9ClN4O2S. The molecule has 1 heterocycles. The van der Waals surface area contributed by atoms with Gasteiger partial charge in [0.15, 0.2) is 0 Å². The van der Waals surface area contributed by atoms with Crippen molar-refractivity contribution in [3.8, 4) is 0 Å². The number of carbonyl (C=O) groups excluding carboxylic acids is 2. The summed E-state index contributed by atoms with van der Waals surface area (Å²) >= 11 is 6.60. The second kappa shape index (κ2) is 5.77. The fourth-order valence-corrected chi connectivity index (χ4v) is 2.05. The topological polar surface area (TPSA) is 84.0 Å². The molecule has 0 aliphatic rings. The first-order valence-electron chi connectivity index (χ1n) is 5.22. The van der Waals surface area contributed by atoms with E-state index in [9.17, 15) is 9.59 Å². The Morgan fingerprint density at radius 2 is 1.68 bits per heavy atom. The highest BCUT2D eigenvalue weighted by Crippen LogP contribution is 2.18. The first-order chi connectivity index (χ1) is 9.04. The highest BCUT2D eigenvalue weighted by atomic mass is 35.5. The Balaban J connectivity index is 2.03. The fourth-order valence-electron chi connectivity index (χ4n) is 1.32. The van der Waals surface area contributed by atoms with Gasteiger partial charge in [0.1, 0.15) is 0 Å². The van der Waals surface area contributed by atoms with Gasteiger partial charge in [0.05, 0.1) is 0 Å². The Kier molecular flexibility index (Phi) is 4.08. The van der Waals surface area contributed by atoms with Crippen LogP contribution in [0.3, 0.4) is 0 Å². The Hall–Kier alpha value is -1.99. The molecular weight excluding hydrogens is 288 g/mol. The molecule has 0 saturated carbocycles. The van der Waals surface area contributed by atoms with Crippen LogP contribution < -0.4 is 10.6 Å². The van der Waals surface area contributed by atoms with Crippen LogP contribution in [0.25, 0.3) is 0 Å². The summed E-state index contributed by atoms with van der Waals surface area (Å²) in [6, 6.07) is 6.71. The van der Waals surface area contributed by atoms with Gasteiger partial charge in [0.25, 0.3) is 5.91 Å². The van der Waals surface area contributed by atoms with E-state index in [0.29, 0.717) is 11.4 Å². The largest absolute Gasteiger partial charge is 0.326 e. The first kappa shape index (κ1) is 13.4. The van der Waals surface area contributed by atoms with Gasteiger partial charge in [-0.25, -0.2) is 0 Å². The molecule has 2 aromatic rings. The smallest absolute Gasteiger partial charge is 0.286 e. The molecule has 0 aliphatic heterocycles. The van der Waals surface area contributed by atoms with Crippen LogP contribution in [0.1, 0.15) is 16.7 Å². The Bertz CT molecular complexity index is 611. The number of aromatic nitrogens is 2. The molecule has 0 aliphatic carbocycles. The van der Waals surface area contributed by atoms with Crippen LogP contribution in [0.5, 0.6) is 0 Å². The minimum absolute atomic E-state index is 0.153. The normalized spacial score (nSPS) is 10.0. The molecule has 2 amide bonds. The zero-order valence-corrected chi connectivity index (χ0v) is 11.4. The number of nitrogens with zero attached hydrogens (tertiary/aromatic N) is 2. The molecule has 0 radical (unpaired) electrons. The summed E-state index contributed by atoms with van der Waals surface area (Å²) in [6.45, 7) is 1.43. The van der Waals surface area contributed by atoms with Gasteiger partial charge in [-0.1, -0.05) is 11.3 Å². The summed E-state index contributed by atoms with van der Waals surface area (Å²) in [7, 11) is 0. The van der Waals surface area contributed by atoms with Gasteiger partial charge < -0.3 is 10.6 Å². The molecule has 2 rings (SSSR count). The quantitative estimate of drug-likeness (QED) is 0.911. The van der Waals surface area contributed by atoms with Gasteiger partial charge in [-0.15, -0.1) is 10.2 Å². The number of carbonyl (C=O) groups is 2. The summed E-state index contributed by atoms with van der Waals surface area (Å²) < 4.78 is 0.214. The molecule has 0 saturated heterocycles. The minimum atomic E-state index is -0.378. The third-order valence-corrected chi connectivity index (χ3v) is 3.08. The number of amides is 2. The van der Waals surface area contributed by atoms with Crippen molar-refractivity contribution >= 4 is 46.1 Å². The Morgan fingerprint density at radius 3 is 2.16 bits per heavy atom. The summed E-state index contributed by atoms with van der Waals surface area (Å²) in [5.41, 5.74) is 1.25. The van der Waals surface area contributed by atoms with Crippen molar-refractivity contribution in [2.75, 3.05) is 10.6 Å². The van der Waals surface area contributed by atoms with Crippen LogP contribution >= 0.6 is 22.9 Å². The van der Waals surface area contributed by atoms with Gasteiger partial charge in [-0.3, -0.25) is 9.59 Å². The predicted octanol–water partition coefficient (Wildman–Crippen LogP) is 2.40. The highest BCUT2D eigenvalue weighted by Gasteiger charge is 2.11. The maximum absolute atomic E-state index is 11.8. The number of hydrogen-bond acceptors (Lipinski definition) is 5. The Labute approximate surface area is 117 Å². The molecule has 0 atom stereocenters. The monoisotopic (exact) mass is 296 g/mol. The summed E-state index contributed by atoms with van der Waals surface area (Å²) in [4.78, 5) is 22.6. The van der Waals surface area contributed by atoms with E-state index in [4.69, 9.17) is 11.6 Å². The van der Waals surface area contributed by atoms with Gasteiger partial charge >= 0.3 is 0 Å². The van der Waals surface area contributed by atoms with Crippen LogP contribution in [0.4, 0.5) is 11.4 Å². The van der Waals surface area contributed by atoms with E-state index in [-0.39, 0.29) is 21.3 Å². The lowest BCUT2D eigenvalue weighted by molar-refractivity contribution is -0.114. The van der Waals surface area contributed by atoms with E-state index < -0.39 is 0 Å².